The van der Waals surface area contributed by atoms with Crippen molar-refractivity contribution in [2.45, 2.75) is 0 Å². The van der Waals surface area contributed by atoms with Gasteiger partial charge in [0, 0.05) is 0 Å². The zero-order valence-electron chi connectivity index (χ0n) is 8.87. The molecular formula is C10H7ClN4O3. The van der Waals surface area contributed by atoms with E-state index in [4.69, 9.17) is 11.6 Å². The molecule has 0 fully saturated rings. The van der Waals surface area contributed by atoms with Gasteiger partial charge in [0.1, 0.15) is 11.9 Å². The number of rotatable bonds is 3. The lowest BCUT2D eigenvalue weighted by molar-refractivity contribution is -0.384. The van der Waals surface area contributed by atoms with E-state index < -0.39 is 4.92 Å². The monoisotopic (exact) mass is 266 g/mol. The number of halogens is 1. The molecule has 0 aliphatic heterocycles. The van der Waals surface area contributed by atoms with Gasteiger partial charge in [-0.15, -0.1) is 0 Å². The second-order valence-corrected chi connectivity index (χ2v) is 3.61. The van der Waals surface area contributed by atoms with Gasteiger partial charge in [0.25, 0.3) is 0 Å². The van der Waals surface area contributed by atoms with E-state index in [0.717, 1.165) is 6.20 Å². The highest BCUT2D eigenvalue weighted by molar-refractivity contribution is 6.28. The summed E-state index contributed by atoms with van der Waals surface area (Å²) < 4.78 is 0. The predicted octanol–water partition coefficient (Wildman–Crippen LogP) is 2.49. The van der Waals surface area contributed by atoms with Gasteiger partial charge in [0.15, 0.2) is 0 Å². The van der Waals surface area contributed by atoms with E-state index in [-0.39, 0.29) is 28.2 Å². The molecule has 0 aliphatic carbocycles. The normalized spacial score (nSPS) is 10.1. The van der Waals surface area contributed by atoms with Crippen molar-refractivity contribution in [1.82, 2.24) is 9.97 Å². The highest BCUT2D eigenvalue weighted by Gasteiger charge is 2.17. The lowest BCUT2D eigenvalue weighted by Crippen LogP contribution is -2.01. The molecule has 1 aromatic carbocycles. The van der Waals surface area contributed by atoms with E-state index in [9.17, 15) is 15.2 Å². The van der Waals surface area contributed by atoms with Crippen molar-refractivity contribution in [2.75, 3.05) is 5.32 Å². The Balaban J connectivity index is 2.42. The summed E-state index contributed by atoms with van der Waals surface area (Å²) >= 11 is 5.58. The summed E-state index contributed by atoms with van der Waals surface area (Å²) in [6.45, 7) is 0. The van der Waals surface area contributed by atoms with Crippen molar-refractivity contribution < 1.29 is 10.0 Å². The molecule has 8 heteroatoms. The van der Waals surface area contributed by atoms with Crippen LogP contribution in [0.1, 0.15) is 0 Å². The van der Waals surface area contributed by atoms with Crippen LogP contribution in [-0.4, -0.2) is 20.0 Å². The average molecular weight is 267 g/mol. The Kier molecular flexibility index (Phi) is 3.24. The van der Waals surface area contributed by atoms with Crippen LogP contribution in [0.25, 0.3) is 0 Å². The van der Waals surface area contributed by atoms with Crippen LogP contribution in [0.5, 0.6) is 5.75 Å². The third-order valence-corrected chi connectivity index (χ3v) is 2.28. The highest BCUT2D eigenvalue weighted by Crippen LogP contribution is 2.30. The van der Waals surface area contributed by atoms with Crippen molar-refractivity contribution in [1.29, 1.82) is 0 Å². The number of nitrogens with zero attached hydrogens (tertiary/aromatic N) is 3. The van der Waals surface area contributed by atoms with Gasteiger partial charge >= 0.3 is 5.69 Å². The average Bonchev–Trinajstić information content (AvgIpc) is 2.32. The van der Waals surface area contributed by atoms with Crippen molar-refractivity contribution in [3.63, 3.8) is 0 Å². The highest BCUT2D eigenvalue weighted by atomic mass is 35.5. The molecule has 0 saturated heterocycles. The van der Waals surface area contributed by atoms with Crippen molar-refractivity contribution in [2.24, 2.45) is 0 Å². The van der Waals surface area contributed by atoms with Crippen LogP contribution in [0.4, 0.5) is 17.2 Å². The van der Waals surface area contributed by atoms with Crippen LogP contribution >= 0.6 is 11.6 Å². The second kappa shape index (κ2) is 4.84. The molecule has 2 aromatic rings. The lowest BCUT2D eigenvalue weighted by Gasteiger charge is -2.07. The van der Waals surface area contributed by atoms with Crippen molar-refractivity contribution >= 4 is 28.8 Å². The number of benzene rings is 1. The number of nitro groups is 1. The summed E-state index contributed by atoms with van der Waals surface area (Å²) in [6, 6.07) is 6.28. The molecule has 0 spiro atoms. The fraction of sp³-hybridized carbons (Fsp3) is 0. The Hall–Kier alpha value is -2.41. The first-order valence-corrected chi connectivity index (χ1v) is 5.17. The number of aromatic nitrogens is 2. The summed E-state index contributed by atoms with van der Waals surface area (Å²) in [5, 5.41) is 22.9. The molecule has 1 aromatic heterocycles. The van der Waals surface area contributed by atoms with Crippen molar-refractivity contribution in [3.8, 4) is 5.75 Å². The first-order valence-electron chi connectivity index (χ1n) is 4.80. The predicted molar refractivity (Wildman–Crippen MR) is 65.1 cm³/mol. The fourth-order valence-electron chi connectivity index (χ4n) is 1.29. The molecule has 92 valence electrons. The quantitative estimate of drug-likeness (QED) is 0.383. The zero-order chi connectivity index (χ0) is 13.1. The number of anilines is 2. The molecule has 2 N–H and O–H groups in total. The minimum Gasteiger partial charge on any atom is -0.506 e. The Morgan fingerprint density at radius 1 is 1.39 bits per heavy atom. The van der Waals surface area contributed by atoms with Gasteiger partial charge in [-0.25, -0.2) is 4.98 Å². The molecule has 0 unspecified atom stereocenters. The maximum absolute atomic E-state index is 10.8. The number of nitrogens with one attached hydrogen (secondary N) is 1. The van der Waals surface area contributed by atoms with Crippen LogP contribution < -0.4 is 5.32 Å². The molecule has 0 amide bonds. The molecule has 7 nitrogen and oxygen atoms in total. The number of para-hydroxylation sites is 2. The first-order chi connectivity index (χ1) is 8.58. The van der Waals surface area contributed by atoms with Crippen LogP contribution in [0.2, 0.25) is 5.28 Å². The van der Waals surface area contributed by atoms with E-state index in [1.54, 1.807) is 18.2 Å². The zero-order valence-corrected chi connectivity index (χ0v) is 9.63. The van der Waals surface area contributed by atoms with Crippen molar-refractivity contribution in [3.05, 3.63) is 45.9 Å². The van der Waals surface area contributed by atoms with Gasteiger partial charge in [0.05, 0.1) is 10.6 Å². The first kappa shape index (κ1) is 12.1. The third kappa shape index (κ3) is 2.46. The summed E-state index contributed by atoms with van der Waals surface area (Å²) in [5.74, 6) is -0.136. The Bertz CT molecular complexity index is 605. The number of phenols is 1. The molecule has 2 rings (SSSR count). The van der Waals surface area contributed by atoms with E-state index >= 15 is 0 Å². The third-order valence-electron chi connectivity index (χ3n) is 2.09. The van der Waals surface area contributed by atoms with E-state index in [0.29, 0.717) is 0 Å². The summed E-state index contributed by atoms with van der Waals surface area (Å²) in [7, 11) is 0. The molecule has 18 heavy (non-hydrogen) atoms. The standard InChI is InChI=1S/C10H7ClN4O3/c11-10-12-5-7(15(17)18)9(14-10)13-6-3-1-2-4-8(6)16/h1-5,16H,(H,12,13,14). The second-order valence-electron chi connectivity index (χ2n) is 3.27. The van der Waals surface area contributed by atoms with E-state index in [1.807, 2.05) is 0 Å². The number of hydrogen-bond donors (Lipinski definition) is 2. The van der Waals surface area contributed by atoms with Gasteiger partial charge in [0.2, 0.25) is 11.1 Å². The number of aromatic hydroxyl groups is 1. The largest absolute Gasteiger partial charge is 0.506 e. The maximum Gasteiger partial charge on any atom is 0.329 e. The SMILES string of the molecule is O=[N+]([O-])c1cnc(Cl)nc1Nc1ccccc1O. The topological polar surface area (TPSA) is 101 Å². The molecule has 0 aliphatic rings. The minimum absolute atomic E-state index is 0.0541. The van der Waals surface area contributed by atoms with Gasteiger partial charge < -0.3 is 10.4 Å². The van der Waals surface area contributed by atoms with Crippen LogP contribution in [0.3, 0.4) is 0 Å². The minimum atomic E-state index is -0.640. The molecule has 0 atom stereocenters. The number of hydrogen-bond acceptors (Lipinski definition) is 6. The Morgan fingerprint density at radius 2 is 2.11 bits per heavy atom. The van der Waals surface area contributed by atoms with E-state index in [1.165, 1.54) is 6.07 Å². The van der Waals surface area contributed by atoms with E-state index in [2.05, 4.69) is 15.3 Å². The molecule has 0 bridgehead atoms. The van der Waals surface area contributed by atoms with Gasteiger partial charge in [-0.3, -0.25) is 10.1 Å². The maximum atomic E-state index is 10.8. The van der Waals surface area contributed by atoms with Gasteiger partial charge in [-0.1, -0.05) is 12.1 Å². The Labute approximate surface area is 106 Å². The summed E-state index contributed by atoms with van der Waals surface area (Å²) in [5.41, 5.74) is -0.0435. The Morgan fingerprint density at radius 3 is 2.78 bits per heavy atom. The fourth-order valence-corrected chi connectivity index (χ4v) is 1.42. The molecule has 0 radical (unpaired) electrons. The van der Waals surface area contributed by atoms with Crippen LogP contribution in [0, 0.1) is 10.1 Å². The molecule has 1 heterocycles. The van der Waals surface area contributed by atoms with Crippen LogP contribution in [-0.2, 0) is 0 Å². The lowest BCUT2D eigenvalue weighted by atomic mass is 10.3. The van der Waals surface area contributed by atoms with Gasteiger partial charge in [-0.05, 0) is 23.7 Å². The van der Waals surface area contributed by atoms with Crippen LogP contribution in [0.15, 0.2) is 30.5 Å². The molecule has 0 saturated carbocycles. The molecular weight excluding hydrogens is 260 g/mol. The smallest absolute Gasteiger partial charge is 0.329 e. The summed E-state index contributed by atoms with van der Waals surface area (Å²) in [6.07, 6.45) is 0.998. The summed E-state index contributed by atoms with van der Waals surface area (Å²) in [4.78, 5) is 17.4. The van der Waals surface area contributed by atoms with Gasteiger partial charge in [-0.2, -0.15) is 4.98 Å². The number of phenolic OH excluding ortho intramolecular Hbond substituents is 1.